The van der Waals surface area contributed by atoms with Crippen LogP contribution >= 0.6 is 0 Å². The lowest BCUT2D eigenvalue weighted by atomic mass is 9.47. The molecule has 7 rings (SSSR count). The first-order valence-corrected chi connectivity index (χ1v) is 22.4. The van der Waals surface area contributed by atoms with E-state index in [4.69, 9.17) is 33.7 Å². The van der Waals surface area contributed by atoms with Crippen molar-refractivity contribution in [1.82, 2.24) is 0 Å². The van der Waals surface area contributed by atoms with Gasteiger partial charge in [-0.15, -0.1) is 0 Å². The molecule has 11 N–H and O–H groups in total. The van der Waals surface area contributed by atoms with Crippen molar-refractivity contribution in [2.24, 2.45) is 46.3 Å². The Balaban J connectivity index is 0.964. The molecule has 0 spiro atoms. The molecule has 360 valence electrons. The van der Waals surface area contributed by atoms with Gasteiger partial charge in [0.2, 0.25) is 6.29 Å². The molecule has 20 heteroatoms. The van der Waals surface area contributed by atoms with Gasteiger partial charge in [0.15, 0.2) is 25.2 Å². The zero-order valence-corrected chi connectivity index (χ0v) is 36.2. The Labute approximate surface area is 365 Å². The van der Waals surface area contributed by atoms with E-state index in [1.807, 2.05) is 13.8 Å². The SMILES string of the molecule is C[C@H](CCC(=O)[C@@H](C)[C@H]1C(=O)C[C@H]2[C@@H]3CC=C4CC(O[C@@H]5OC(CO)[C@@H](O)[C@H](O)C5O[C@@H]5OC(O)[C@H](O)[C@H](O)C5O)CC[C@]4(C)[C@H]3CC[C@]12C)CO[C@@H]1OC(OO)[C@@H](O)[C@H](O)C1O. The third-order valence-electron chi connectivity index (χ3n) is 16.0. The summed E-state index contributed by atoms with van der Waals surface area (Å²) in [5.74, 6) is -0.388. The van der Waals surface area contributed by atoms with Gasteiger partial charge in [0.05, 0.1) is 19.3 Å². The molecule has 7 aliphatic rings. The van der Waals surface area contributed by atoms with E-state index in [2.05, 4.69) is 24.8 Å². The molecule has 0 radical (unpaired) electrons. The van der Waals surface area contributed by atoms with E-state index in [0.29, 0.717) is 25.7 Å². The van der Waals surface area contributed by atoms with Crippen molar-refractivity contribution in [2.45, 2.75) is 184 Å². The molecule has 7 unspecified atom stereocenters. The molecular weight excluding hydrogens is 836 g/mol. The van der Waals surface area contributed by atoms with Crippen LogP contribution < -0.4 is 0 Å². The van der Waals surface area contributed by atoms with Crippen LogP contribution in [0.3, 0.4) is 0 Å². The van der Waals surface area contributed by atoms with Crippen LogP contribution in [-0.4, -0.2) is 180 Å². The minimum atomic E-state index is -1.92. The van der Waals surface area contributed by atoms with Gasteiger partial charge < -0.3 is 79.5 Å². The number of carbonyl (C=O) groups excluding carboxylic acids is 2. The minimum Gasteiger partial charge on any atom is -0.394 e. The number of ether oxygens (including phenoxy) is 6. The number of rotatable bonds is 14. The number of allylic oxidation sites excluding steroid dienone is 1. The lowest BCUT2D eigenvalue weighted by molar-refractivity contribution is -0.428. The number of hydrogen-bond acceptors (Lipinski definition) is 20. The molecule has 20 nitrogen and oxygen atoms in total. The molecule has 24 atom stereocenters. The topological polar surface area (TPSA) is 321 Å². The lowest BCUT2D eigenvalue weighted by Crippen LogP contribution is -2.64. The molecule has 0 bridgehead atoms. The van der Waals surface area contributed by atoms with E-state index in [-0.39, 0.29) is 59.1 Å². The number of ketones is 2. The molecule has 0 aromatic rings. The van der Waals surface area contributed by atoms with Crippen molar-refractivity contribution in [3.05, 3.63) is 11.6 Å². The summed E-state index contributed by atoms with van der Waals surface area (Å²) in [6.07, 6.45) is -17.4. The molecule has 3 saturated heterocycles. The summed E-state index contributed by atoms with van der Waals surface area (Å²) in [4.78, 5) is 31.8. The minimum absolute atomic E-state index is 0.0140. The molecule has 6 fully saturated rings. The zero-order valence-electron chi connectivity index (χ0n) is 36.2. The number of Topliss-reactive ketones (excluding diaryl/α,β-unsaturated/α-hetero) is 2. The van der Waals surface area contributed by atoms with Crippen LogP contribution in [0.1, 0.15) is 85.5 Å². The second-order valence-corrected chi connectivity index (χ2v) is 19.8. The van der Waals surface area contributed by atoms with Gasteiger partial charge in [-0.1, -0.05) is 39.3 Å². The molecule has 0 aromatic heterocycles. The average Bonchev–Trinajstić information content (AvgIpc) is 3.54. The monoisotopic (exact) mass is 904 g/mol. The van der Waals surface area contributed by atoms with Crippen molar-refractivity contribution < 1.29 is 99.2 Å². The Hall–Kier alpha value is -1.64. The molecule has 3 saturated carbocycles. The van der Waals surface area contributed by atoms with Crippen molar-refractivity contribution in [3.8, 4) is 0 Å². The fraction of sp³-hybridized carbons (Fsp3) is 0.907. The fourth-order valence-electron chi connectivity index (χ4n) is 12.2. The van der Waals surface area contributed by atoms with E-state index >= 15 is 0 Å². The lowest BCUT2D eigenvalue weighted by Gasteiger charge is -2.58. The highest BCUT2D eigenvalue weighted by Crippen LogP contribution is 2.66. The van der Waals surface area contributed by atoms with Gasteiger partial charge >= 0.3 is 0 Å². The maximum Gasteiger partial charge on any atom is 0.222 e. The molecule has 63 heavy (non-hydrogen) atoms. The number of aliphatic hydroxyl groups is 10. The summed E-state index contributed by atoms with van der Waals surface area (Å²) in [5.41, 5.74) is 0.634. The van der Waals surface area contributed by atoms with Crippen LogP contribution in [0.15, 0.2) is 11.6 Å². The molecule has 0 aromatic carbocycles. The highest BCUT2D eigenvalue weighted by atomic mass is 17.1. The average molecular weight is 905 g/mol. The van der Waals surface area contributed by atoms with E-state index < -0.39 is 117 Å². The predicted octanol–water partition coefficient (Wildman–Crippen LogP) is -1.40. The van der Waals surface area contributed by atoms with Crippen LogP contribution in [0, 0.1) is 46.3 Å². The number of carbonyl (C=O) groups is 2. The van der Waals surface area contributed by atoms with Crippen LogP contribution in [0.2, 0.25) is 0 Å². The van der Waals surface area contributed by atoms with Gasteiger partial charge in [0.25, 0.3) is 0 Å². The van der Waals surface area contributed by atoms with E-state index in [1.165, 1.54) is 5.57 Å². The summed E-state index contributed by atoms with van der Waals surface area (Å²) in [6.45, 7) is 7.55. The number of aliphatic hydroxyl groups excluding tert-OH is 10. The largest absolute Gasteiger partial charge is 0.394 e. The maximum atomic E-state index is 14.0. The van der Waals surface area contributed by atoms with Gasteiger partial charge in [0, 0.05) is 24.7 Å². The predicted molar refractivity (Wildman–Crippen MR) is 211 cm³/mol. The Morgan fingerprint density at radius 2 is 1.46 bits per heavy atom. The van der Waals surface area contributed by atoms with E-state index in [9.17, 15) is 60.7 Å². The summed E-state index contributed by atoms with van der Waals surface area (Å²) in [7, 11) is 0. The highest BCUT2D eigenvalue weighted by molar-refractivity contribution is 5.92. The van der Waals surface area contributed by atoms with Crippen molar-refractivity contribution >= 4 is 11.6 Å². The van der Waals surface area contributed by atoms with Gasteiger partial charge in [-0.05, 0) is 79.4 Å². The van der Waals surface area contributed by atoms with Gasteiger partial charge in [-0.3, -0.25) is 9.59 Å². The summed E-state index contributed by atoms with van der Waals surface area (Å²) >= 11 is 0. The highest BCUT2D eigenvalue weighted by Gasteiger charge is 2.63. The number of fused-ring (bicyclic) bond motifs is 5. The van der Waals surface area contributed by atoms with Gasteiger partial charge in [0.1, 0.15) is 72.6 Å². The molecular formula is C43H68O20. The second-order valence-electron chi connectivity index (χ2n) is 19.8. The summed E-state index contributed by atoms with van der Waals surface area (Å²) in [6, 6.07) is 0. The third kappa shape index (κ3) is 9.22. The summed E-state index contributed by atoms with van der Waals surface area (Å²) in [5, 5.41) is 112. The normalized spacial score (nSPS) is 49.9. The smallest absolute Gasteiger partial charge is 0.222 e. The summed E-state index contributed by atoms with van der Waals surface area (Å²) < 4.78 is 34.1. The van der Waals surface area contributed by atoms with Crippen LogP contribution in [-0.2, 0) is 42.9 Å². The van der Waals surface area contributed by atoms with Crippen LogP contribution in [0.5, 0.6) is 0 Å². The van der Waals surface area contributed by atoms with Crippen LogP contribution in [0.25, 0.3) is 0 Å². The second kappa shape index (κ2) is 19.5. The molecule has 3 aliphatic heterocycles. The zero-order chi connectivity index (χ0) is 45.9. The van der Waals surface area contributed by atoms with Crippen molar-refractivity contribution in [2.75, 3.05) is 13.2 Å². The molecule has 3 heterocycles. The Morgan fingerprint density at radius 3 is 2.16 bits per heavy atom. The van der Waals surface area contributed by atoms with Gasteiger partial charge in [-0.2, -0.15) is 0 Å². The first-order valence-electron chi connectivity index (χ1n) is 22.4. The molecule has 4 aliphatic carbocycles. The first-order chi connectivity index (χ1) is 29.7. The Morgan fingerprint density at radius 1 is 0.778 bits per heavy atom. The van der Waals surface area contributed by atoms with E-state index in [1.54, 1.807) is 0 Å². The Bertz CT molecular complexity index is 1630. The third-order valence-corrected chi connectivity index (χ3v) is 16.0. The van der Waals surface area contributed by atoms with Crippen molar-refractivity contribution in [1.29, 1.82) is 0 Å². The quantitative estimate of drug-likeness (QED) is 0.0543. The van der Waals surface area contributed by atoms with Gasteiger partial charge in [-0.25, -0.2) is 10.1 Å². The fourth-order valence-corrected chi connectivity index (χ4v) is 12.2. The first kappa shape index (κ1) is 49.3. The van der Waals surface area contributed by atoms with E-state index in [0.717, 1.165) is 25.7 Å². The maximum absolute atomic E-state index is 14.0. The number of hydrogen-bond donors (Lipinski definition) is 11. The van der Waals surface area contributed by atoms with Crippen LogP contribution in [0.4, 0.5) is 0 Å². The standard InChI is InChI=1S/C43H68O20/c1-17(16-57-38-33(52)30(49)35(54)40(62-38)63-56)5-8-24(45)18(2)27-25(46)14-23-21-7-6-19-13-20(9-11-42(19,3)22(21)10-12-43(23,27)4)58-41-36(31(50)28(47)26(15-44)59-41)60-39-34(53)29(48)32(51)37(55)61-39/h6,17-18,20-23,26-41,44,47-56H,5,7-16H2,1-4H3/t17-,18-,20?,21-,22+,23+,26?,27+,28-,29+,30-,31+,32-,33?,34?,35+,36?,37?,38-,39-,40?,41-,42+,43+/m1/s1. The molecule has 0 amide bonds. The van der Waals surface area contributed by atoms with Crippen molar-refractivity contribution in [3.63, 3.8) is 0 Å². The Kier molecular flexibility index (Phi) is 15.3.